The van der Waals surface area contributed by atoms with Crippen molar-refractivity contribution in [1.82, 2.24) is 9.97 Å². The number of oxazole rings is 1. The van der Waals surface area contributed by atoms with Gasteiger partial charge in [-0.25, -0.2) is 4.98 Å². The fraction of sp³-hybridized carbons (Fsp3) is 0.0500. The monoisotopic (exact) mass is 374 g/mol. The Morgan fingerprint density at radius 3 is 2.75 bits per heavy atom. The van der Waals surface area contributed by atoms with E-state index in [1.807, 2.05) is 0 Å². The van der Waals surface area contributed by atoms with Gasteiger partial charge in [0.15, 0.2) is 11.2 Å². The van der Waals surface area contributed by atoms with Crippen LogP contribution in [0.25, 0.3) is 22.7 Å². The third-order valence-electron chi connectivity index (χ3n) is 4.28. The largest absolute Gasteiger partial charge is 0.434 e. The fourth-order valence-corrected chi connectivity index (χ4v) is 2.89. The number of hydrogen-bond acceptors (Lipinski definition) is 6. The SMILES string of the molecule is Cc1c(C(=O)Nc2cccc(-c3nc4ncccc4o3)c2)cccc1[N+](=O)[O-]. The number of nitro benzene ring substituents is 1. The van der Waals surface area contributed by atoms with Crippen molar-refractivity contribution >= 4 is 28.5 Å². The van der Waals surface area contributed by atoms with Crippen LogP contribution in [0.4, 0.5) is 11.4 Å². The predicted octanol–water partition coefficient (Wildman–Crippen LogP) is 4.36. The van der Waals surface area contributed by atoms with Crippen molar-refractivity contribution in [2.45, 2.75) is 6.92 Å². The molecule has 2 aromatic carbocycles. The highest BCUT2D eigenvalue weighted by Crippen LogP contribution is 2.26. The number of nitrogens with zero attached hydrogens (tertiary/aromatic N) is 3. The topological polar surface area (TPSA) is 111 Å². The Balaban J connectivity index is 1.63. The molecule has 0 aliphatic rings. The van der Waals surface area contributed by atoms with Crippen LogP contribution in [-0.4, -0.2) is 20.8 Å². The molecule has 2 aromatic heterocycles. The van der Waals surface area contributed by atoms with Crippen molar-refractivity contribution in [1.29, 1.82) is 0 Å². The van der Waals surface area contributed by atoms with Gasteiger partial charge in [0.05, 0.1) is 4.92 Å². The zero-order valence-electron chi connectivity index (χ0n) is 14.7. The zero-order valence-corrected chi connectivity index (χ0v) is 14.7. The minimum atomic E-state index is -0.506. The number of amides is 1. The number of pyridine rings is 1. The maximum absolute atomic E-state index is 12.6. The van der Waals surface area contributed by atoms with Crippen LogP contribution in [0, 0.1) is 17.0 Å². The number of fused-ring (bicyclic) bond motifs is 1. The molecule has 8 heteroatoms. The van der Waals surface area contributed by atoms with E-state index in [9.17, 15) is 14.9 Å². The summed E-state index contributed by atoms with van der Waals surface area (Å²) in [5.41, 5.74) is 2.71. The summed E-state index contributed by atoms with van der Waals surface area (Å²) in [4.78, 5) is 31.7. The van der Waals surface area contributed by atoms with E-state index < -0.39 is 10.8 Å². The highest BCUT2D eigenvalue weighted by molar-refractivity contribution is 6.06. The molecule has 0 atom stereocenters. The molecule has 8 nitrogen and oxygen atoms in total. The lowest BCUT2D eigenvalue weighted by Crippen LogP contribution is -2.14. The third-order valence-corrected chi connectivity index (χ3v) is 4.28. The second-order valence-electron chi connectivity index (χ2n) is 6.09. The smallest absolute Gasteiger partial charge is 0.273 e. The summed E-state index contributed by atoms with van der Waals surface area (Å²) in [5, 5.41) is 13.8. The Morgan fingerprint density at radius 1 is 1.14 bits per heavy atom. The normalized spacial score (nSPS) is 10.8. The van der Waals surface area contributed by atoms with Gasteiger partial charge in [0.25, 0.3) is 11.6 Å². The minimum Gasteiger partial charge on any atom is -0.434 e. The Hall–Kier alpha value is -4.07. The molecule has 138 valence electrons. The van der Waals surface area contributed by atoms with Crippen LogP contribution in [0.2, 0.25) is 0 Å². The van der Waals surface area contributed by atoms with Crippen molar-refractivity contribution in [2.24, 2.45) is 0 Å². The lowest BCUT2D eigenvalue weighted by Gasteiger charge is -2.08. The van der Waals surface area contributed by atoms with Gasteiger partial charge in [-0.2, -0.15) is 4.98 Å². The first-order valence-corrected chi connectivity index (χ1v) is 8.40. The highest BCUT2D eigenvalue weighted by Gasteiger charge is 2.18. The molecule has 2 heterocycles. The van der Waals surface area contributed by atoms with Gasteiger partial charge in [-0.05, 0) is 43.3 Å². The summed E-state index contributed by atoms with van der Waals surface area (Å²) in [7, 11) is 0. The average molecular weight is 374 g/mol. The van der Waals surface area contributed by atoms with E-state index in [0.29, 0.717) is 33.9 Å². The molecule has 1 N–H and O–H groups in total. The first kappa shape index (κ1) is 17.3. The summed E-state index contributed by atoms with van der Waals surface area (Å²) in [5.74, 6) is -0.0473. The number of nitrogens with one attached hydrogen (secondary N) is 1. The predicted molar refractivity (Wildman–Crippen MR) is 103 cm³/mol. The second kappa shape index (κ2) is 6.92. The first-order valence-electron chi connectivity index (χ1n) is 8.40. The maximum Gasteiger partial charge on any atom is 0.273 e. The van der Waals surface area contributed by atoms with Crippen molar-refractivity contribution in [3.05, 3.63) is 82.0 Å². The molecule has 0 bridgehead atoms. The van der Waals surface area contributed by atoms with E-state index >= 15 is 0 Å². The van der Waals surface area contributed by atoms with Crippen LogP contribution in [-0.2, 0) is 0 Å². The Kier molecular flexibility index (Phi) is 4.29. The summed E-state index contributed by atoms with van der Waals surface area (Å²) >= 11 is 0. The van der Waals surface area contributed by atoms with Crippen LogP contribution in [0.1, 0.15) is 15.9 Å². The van der Waals surface area contributed by atoms with E-state index in [4.69, 9.17) is 4.42 Å². The number of aromatic nitrogens is 2. The molecule has 0 saturated heterocycles. The molecule has 0 fully saturated rings. The van der Waals surface area contributed by atoms with Gasteiger partial charge >= 0.3 is 0 Å². The molecule has 0 aliphatic heterocycles. The first-order chi connectivity index (χ1) is 13.5. The number of rotatable bonds is 4. The molecule has 0 spiro atoms. The molecule has 1 amide bonds. The summed E-state index contributed by atoms with van der Waals surface area (Å²) in [6, 6.07) is 14.9. The number of benzene rings is 2. The maximum atomic E-state index is 12.6. The Bertz CT molecular complexity index is 1180. The van der Waals surface area contributed by atoms with E-state index in [0.717, 1.165) is 0 Å². The molecule has 0 radical (unpaired) electrons. The molecule has 4 rings (SSSR count). The number of hydrogen-bond donors (Lipinski definition) is 1. The van der Waals surface area contributed by atoms with Crippen molar-refractivity contribution < 1.29 is 14.1 Å². The molecule has 0 unspecified atom stereocenters. The molecular formula is C20H14N4O4. The fourth-order valence-electron chi connectivity index (χ4n) is 2.89. The summed E-state index contributed by atoms with van der Waals surface area (Å²) in [6.45, 7) is 1.55. The van der Waals surface area contributed by atoms with Gasteiger partial charge in [-0.3, -0.25) is 14.9 Å². The molecule has 0 saturated carbocycles. The lowest BCUT2D eigenvalue weighted by atomic mass is 10.1. The van der Waals surface area contributed by atoms with Gasteiger partial charge in [0.2, 0.25) is 5.89 Å². The van der Waals surface area contributed by atoms with Crippen LogP contribution < -0.4 is 5.32 Å². The van der Waals surface area contributed by atoms with Crippen molar-refractivity contribution in [3.8, 4) is 11.5 Å². The van der Waals surface area contributed by atoms with Crippen LogP contribution in [0.15, 0.2) is 65.2 Å². The van der Waals surface area contributed by atoms with Crippen LogP contribution in [0.3, 0.4) is 0 Å². The van der Waals surface area contributed by atoms with Crippen LogP contribution in [0.5, 0.6) is 0 Å². The summed E-state index contributed by atoms with van der Waals surface area (Å²) < 4.78 is 5.70. The molecule has 28 heavy (non-hydrogen) atoms. The lowest BCUT2D eigenvalue weighted by molar-refractivity contribution is -0.385. The quantitative estimate of drug-likeness (QED) is 0.420. The number of carbonyl (C=O) groups excluding carboxylic acids is 1. The van der Waals surface area contributed by atoms with E-state index in [2.05, 4.69) is 15.3 Å². The van der Waals surface area contributed by atoms with Gasteiger partial charge in [0, 0.05) is 34.6 Å². The number of nitro groups is 1. The highest BCUT2D eigenvalue weighted by atomic mass is 16.6. The standard InChI is InChI=1S/C20H14N4O4/c1-12-15(7-3-8-16(12)24(26)27)19(25)22-14-6-2-5-13(11-14)20-23-18-17(28-20)9-4-10-21-18/h2-11H,1H3,(H,22,25). The zero-order chi connectivity index (χ0) is 19.7. The van der Waals surface area contributed by atoms with Crippen LogP contribution >= 0.6 is 0 Å². The van der Waals surface area contributed by atoms with Gasteiger partial charge in [-0.1, -0.05) is 12.1 Å². The number of anilines is 1. The van der Waals surface area contributed by atoms with Crippen molar-refractivity contribution in [2.75, 3.05) is 5.32 Å². The average Bonchev–Trinajstić information content (AvgIpc) is 3.12. The summed E-state index contributed by atoms with van der Waals surface area (Å²) in [6.07, 6.45) is 1.63. The minimum absolute atomic E-state index is 0.0969. The van der Waals surface area contributed by atoms with E-state index in [1.54, 1.807) is 55.6 Å². The third kappa shape index (κ3) is 3.18. The number of carbonyl (C=O) groups is 1. The van der Waals surface area contributed by atoms with Gasteiger partial charge in [0.1, 0.15) is 0 Å². The van der Waals surface area contributed by atoms with Gasteiger partial charge < -0.3 is 9.73 Å². The Labute approximate surface area is 159 Å². The van der Waals surface area contributed by atoms with Gasteiger partial charge in [-0.15, -0.1) is 0 Å². The van der Waals surface area contributed by atoms with E-state index in [-0.39, 0.29) is 11.3 Å². The van der Waals surface area contributed by atoms with E-state index in [1.165, 1.54) is 12.1 Å². The van der Waals surface area contributed by atoms with Crippen molar-refractivity contribution in [3.63, 3.8) is 0 Å². The molecular weight excluding hydrogens is 360 g/mol. The molecule has 4 aromatic rings. The molecule has 0 aliphatic carbocycles. The second-order valence-corrected chi connectivity index (χ2v) is 6.09. The Morgan fingerprint density at radius 2 is 1.96 bits per heavy atom.